The number of fused-ring (bicyclic) bond motifs is 2. The van der Waals surface area contributed by atoms with E-state index in [0.29, 0.717) is 13.0 Å². The lowest BCUT2D eigenvalue weighted by Crippen LogP contribution is -2.43. The summed E-state index contributed by atoms with van der Waals surface area (Å²) < 4.78 is 0. The SMILES string of the molecule is O=C1CC2CCC(CN1)N2C(=O)Cc1ccc(C(=O)O)cc1. The van der Waals surface area contributed by atoms with Gasteiger partial charge in [0.1, 0.15) is 0 Å². The molecule has 2 N–H and O–H groups in total. The molecule has 2 bridgehead atoms. The molecule has 0 saturated carbocycles. The van der Waals surface area contributed by atoms with E-state index < -0.39 is 5.97 Å². The Balaban J connectivity index is 1.71. The first-order chi connectivity index (χ1) is 10.5. The Bertz CT molecular complexity index is 611. The van der Waals surface area contributed by atoms with Crippen LogP contribution in [0.2, 0.25) is 0 Å². The van der Waals surface area contributed by atoms with Crippen LogP contribution in [0.3, 0.4) is 0 Å². The van der Waals surface area contributed by atoms with Crippen LogP contribution in [0.25, 0.3) is 0 Å². The predicted octanol–water partition coefficient (Wildman–Crippen LogP) is 0.807. The predicted molar refractivity (Wildman–Crippen MR) is 78.4 cm³/mol. The molecule has 2 atom stereocenters. The molecular weight excluding hydrogens is 284 g/mol. The molecule has 0 spiro atoms. The summed E-state index contributed by atoms with van der Waals surface area (Å²) in [5.74, 6) is -0.962. The number of hydrogen-bond donors (Lipinski definition) is 2. The largest absolute Gasteiger partial charge is 0.478 e. The second-order valence-corrected chi connectivity index (χ2v) is 5.87. The molecule has 2 saturated heterocycles. The summed E-state index contributed by atoms with van der Waals surface area (Å²) in [6.07, 6.45) is 2.41. The molecule has 3 rings (SSSR count). The van der Waals surface area contributed by atoms with Gasteiger partial charge in [-0.1, -0.05) is 12.1 Å². The van der Waals surface area contributed by atoms with Gasteiger partial charge in [0, 0.05) is 25.0 Å². The number of hydrogen-bond acceptors (Lipinski definition) is 3. The molecule has 2 amide bonds. The summed E-state index contributed by atoms with van der Waals surface area (Å²) in [4.78, 5) is 36.9. The van der Waals surface area contributed by atoms with Crippen LogP contribution in [0, 0.1) is 0 Å². The summed E-state index contributed by atoms with van der Waals surface area (Å²) >= 11 is 0. The van der Waals surface area contributed by atoms with Crippen LogP contribution in [-0.2, 0) is 16.0 Å². The van der Waals surface area contributed by atoms with Crippen LogP contribution in [-0.4, -0.2) is 46.4 Å². The number of carboxylic acids is 1. The third-order valence-corrected chi connectivity index (χ3v) is 4.42. The van der Waals surface area contributed by atoms with Crippen molar-refractivity contribution in [2.45, 2.75) is 37.8 Å². The lowest BCUT2D eigenvalue weighted by atomic mass is 10.1. The van der Waals surface area contributed by atoms with Crippen molar-refractivity contribution >= 4 is 17.8 Å². The molecule has 2 aliphatic rings. The van der Waals surface area contributed by atoms with E-state index in [1.54, 1.807) is 12.1 Å². The molecule has 0 radical (unpaired) electrons. The first-order valence-electron chi connectivity index (χ1n) is 7.44. The maximum Gasteiger partial charge on any atom is 0.335 e. The highest BCUT2D eigenvalue weighted by molar-refractivity contribution is 5.88. The number of amides is 2. The summed E-state index contributed by atoms with van der Waals surface area (Å²) in [5, 5.41) is 11.7. The van der Waals surface area contributed by atoms with Crippen molar-refractivity contribution in [3.63, 3.8) is 0 Å². The average molecular weight is 302 g/mol. The Hall–Kier alpha value is -2.37. The highest BCUT2D eigenvalue weighted by atomic mass is 16.4. The number of nitrogens with one attached hydrogen (secondary N) is 1. The van der Waals surface area contributed by atoms with Crippen LogP contribution < -0.4 is 5.32 Å². The number of carbonyl (C=O) groups is 3. The molecule has 2 aliphatic heterocycles. The smallest absolute Gasteiger partial charge is 0.335 e. The standard InChI is InChI=1S/C16H18N2O4/c19-14-8-12-5-6-13(9-17-14)18(12)15(20)7-10-1-3-11(4-2-10)16(21)22/h1-4,12-13H,5-9H2,(H,17,19)(H,21,22). The second-order valence-electron chi connectivity index (χ2n) is 5.87. The van der Waals surface area contributed by atoms with E-state index in [2.05, 4.69) is 5.32 Å². The first-order valence-corrected chi connectivity index (χ1v) is 7.44. The molecule has 1 aromatic carbocycles. The minimum absolute atomic E-state index is 0.00158. The van der Waals surface area contributed by atoms with Crippen molar-refractivity contribution in [3.8, 4) is 0 Å². The van der Waals surface area contributed by atoms with Gasteiger partial charge in [0.2, 0.25) is 11.8 Å². The fraction of sp³-hybridized carbons (Fsp3) is 0.438. The molecule has 2 unspecified atom stereocenters. The Kier molecular flexibility index (Phi) is 3.83. The van der Waals surface area contributed by atoms with Crippen molar-refractivity contribution in [1.82, 2.24) is 10.2 Å². The van der Waals surface area contributed by atoms with Crippen LogP contribution in [0.15, 0.2) is 24.3 Å². The van der Waals surface area contributed by atoms with Gasteiger partial charge in [0.15, 0.2) is 0 Å². The second kappa shape index (κ2) is 5.79. The number of carbonyl (C=O) groups excluding carboxylic acids is 2. The normalized spacial score (nSPS) is 23.8. The number of rotatable bonds is 3. The van der Waals surface area contributed by atoms with Crippen LogP contribution in [0.5, 0.6) is 0 Å². The van der Waals surface area contributed by atoms with Crippen molar-refractivity contribution in [2.24, 2.45) is 0 Å². The fourth-order valence-corrected chi connectivity index (χ4v) is 3.32. The molecule has 0 aromatic heterocycles. The zero-order chi connectivity index (χ0) is 15.7. The molecule has 2 heterocycles. The Labute approximate surface area is 128 Å². The fourth-order valence-electron chi connectivity index (χ4n) is 3.32. The minimum Gasteiger partial charge on any atom is -0.478 e. The number of nitrogens with zero attached hydrogens (tertiary/aromatic N) is 1. The van der Waals surface area contributed by atoms with E-state index in [0.717, 1.165) is 18.4 Å². The summed E-state index contributed by atoms with van der Waals surface area (Å²) in [5.41, 5.74) is 0.999. The zero-order valence-electron chi connectivity index (χ0n) is 12.1. The van der Waals surface area contributed by atoms with Crippen molar-refractivity contribution in [1.29, 1.82) is 0 Å². The van der Waals surface area contributed by atoms with E-state index in [1.807, 2.05) is 4.90 Å². The quantitative estimate of drug-likeness (QED) is 0.865. The van der Waals surface area contributed by atoms with Gasteiger partial charge >= 0.3 is 5.97 Å². The molecule has 6 heteroatoms. The van der Waals surface area contributed by atoms with Gasteiger partial charge in [-0.2, -0.15) is 0 Å². The Morgan fingerprint density at radius 3 is 2.55 bits per heavy atom. The highest BCUT2D eigenvalue weighted by Gasteiger charge is 2.39. The van der Waals surface area contributed by atoms with Gasteiger partial charge in [-0.3, -0.25) is 9.59 Å². The van der Waals surface area contributed by atoms with E-state index in [1.165, 1.54) is 12.1 Å². The number of benzene rings is 1. The van der Waals surface area contributed by atoms with Crippen molar-refractivity contribution in [2.75, 3.05) is 6.54 Å². The third kappa shape index (κ3) is 2.81. The summed E-state index contributed by atoms with van der Waals surface area (Å²) in [7, 11) is 0. The van der Waals surface area contributed by atoms with Crippen LogP contribution >= 0.6 is 0 Å². The summed E-state index contributed by atoms with van der Waals surface area (Å²) in [6, 6.07) is 6.44. The summed E-state index contributed by atoms with van der Waals surface area (Å²) in [6.45, 7) is 0.527. The molecule has 6 nitrogen and oxygen atoms in total. The topological polar surface area (TPSA) is 86.7 Å². The number of carboxylic acid groups (broad SMARTS) is 1. The maximum absolute atomic E-state index is 12.6. The van der Waals surface area contributed by atoms with Gasteiger partial charge in [-0.05, 0) is 30.5 Å². The maximum atomic E-state index is 12.6. The van der Waals surface area contributed by atoms with Gasteiger partial charge in [0.25, 0.3) is 0 Å². The van der Waals surface area contributed by atoms with Gasteiger partial charge in [-0.15, -0.1) is 0 Å². The van der Waals surface area contributed by atoms with E-state index in [9.17, 15) is 14.4 Å². The monoisotopic (exact) mass is 302 g/mol. The third-order valence-electron chi connectivity index (χ3n) is 4.42. The molecule has 116 valence electrons. The van der Waals surface area contributed by atoms with E-state index in [-0.39, 0.29) is 35.9 Å². The molecule has 1 aromatic rings. The Morgan fingerprint density at radius 1 is 1.18 bits per heavy atom. The Morgan fingerprint density at radius 2 is 1.86 bits per heavy atom. The lowest BCUT2D eigenvalue weighted by Gasteiger charge is -2.27. The van der Waals surface area contributed by atoms with E-state index in [4.69, 9.17) is 5.11 Å². The highest BCUT2D eigenvalue weighted by Crippen LogP contribution is 2.29. The molecule has 0 aliphatic carbocycles. The van der Waals surface area contributed by atoms with Gasteiger partial charge < -0.3 is 15.3 Å². The minimum atomic E-state index is -0.979. The van der Waals surface area contributed by atoms with E-state index >= 15 is 0 Å². The van der Waals surface area contributed by atoms with Gasteiger partial charge in [-0.25, -0.2) is 4.79 Å². The van der Waals surface area contributed by atoms with Gasteiger partial charge in [0.05, 0.1) is 12.0 Å². The van der Waals surface area contributed by atoms with Crippen molar-refractivity contribution < 1.29 is 19.5 Å². The number of aromatic carboxylic acids is 1. The molecule has 22 heavy (non-hydrogen) atoms. The molecule has 2 fully saturated rings. The zero-order valence-corrected chi connectivity index (χ0v) is 12.1. The first kappa shape index (κ1) is 14.6. The van der Waals surface area contributed by atoms with Crippen LogP contribution in [0.1, 0.15) is 35.2 Å². The lowest BCUT2D eigenvalue weighted by molar-refractivity contribution is -0.133. The van der Waals surface area contributed by atoms with Crippen molar-refractivity contribution in [3.05, 3.63) is 35.4 Å². The van der Waals surface area contributed by atoms with Crippen LogP contribution in [0.4, 0.5) is 0 Å². The average Bonchev–Trinajstić information content (AvgIpc) is 2.79. The molecular formula is C16H18N2O4.